The predicted molar refractivity (Wildman–Crippen MR) is 77.4 cm³/mol. The molecule has 0 aromatic heterocycles. The molecule has 0 bridgehead atoms. The topological polar surface area (TPSA) is 76.1 Å². The van der Waals surface area contributed by atoms with Gasteiger partial charge in [0.05, 0.1) is 32.3 Å². The molecule has 1 N–H and O–H groups in total. The number of benzene rings is 1. The SMILES string of the molecule is O=C(O)[C@@H]1CN(C(=O)C[C@H]2OCCc3ccccc32)CCO1. The van der Waals surface area contributed by atoms with Crippen LogP contribution in [-0.2, 0) is 25.5 Å². The summed E-state index contributed by atoms with van der Waals surface area (Å²) in [5, 5.41) is 9.00. The number of carboxylic acids is 1. The van der Waals surface area contributed by atoms with Crippen LogP contribution in [0, 0.1) is 0 Å². The molecule has 0 aliphatic carbocycles. The second-order valence-corrected chi connectivity index (χ2v) is 5.55. The summed E-state index contributed by atoms with van der Waals surface area (Å²) < 4.78 is 10.9. The number of carboxylic acid groups (broad SMARTS) is 1. The summed E-state index contributed by atoms with van der Waals surface area (Å²) >= 11 is 0. The van der Waals surface area contributed by atoms with Crippen molar-refractivity contribution < 1.29 is 24.2 Å². The lowest BCUT2D eigenvalue weighted by Gasteiger charge is -2.33. The molecule has 0 radical (unpaired) electrons. The van der Waals surface area contributed by atoms with E-state index >= 15 is 0 Å². The Hall–Kier alpha value is -1.92. The largest absolute Gasteiger partial charge is 0.479 e. The van der Waals surface area contributed by atoms with Crippen LogP contribution in [0.1, 0.15) is 23.7 Å². The fraction of sp³-hybridized carbons (Fsp3) is 0.500. The smallest absolute Gasteiger partial charge is 0.334 e. The number of hydrogen-bond acceptors (Lipinski definition) is 4. The molecule has 1 amide bonds. The molecule has 0 spiro atoms. The van der Waals surface area contributed by atoms with Gasteiger partial charge in [0.2, 0.25) is 5.91 Å². The van der Waals surface area contributed by atoms with Crippen molar-refractivity contribution in [2.75, 3.05) is 26.3 Å². The normalized spacial score (nSPS) is 24.6. The third-order valence-electron chi connectivity index (χ3n) is 4.15. The maximum absolute atomic E-state index is 12.4. The van der Waals surface area contributed by atoms with Gasteiger partial charge in [-0.1, -0.05) is 24.3 Å². The third kappa shape index (κ3) is 3.13. The zero-order valence-electron chi connectivity index (χ0n) is 12.2. The van der Waals surface area contributed by atoms with Gasteiger partial charge in [0, 0.05) is 6.54 Å². The number of ether oxygens (including phenoxy) is 2. The molecule has 1 fully saturated rings. The van der Waals surface area contributed by atoms with Crippen molar-refractivity contribution in [2.45, 2.75) is 25.0 Å². The van der Waals surface area contributed by atoms with Crippen LogP contribution >= 0.6 is 0 Å². The first-order valence-electron chi connectivity index (χ1n) is 7.46. The molecule has 2 aliphatic rings. The van der Waals surface area contributed by atoms with E-state index in [1.165, 1.54) is 5.56 Å². The van der Waals surface area contributed by atoms with E-state index in [-0.39, 0.29) is 31.6 Å². The molecular weight excluding hydrogens is 286 g/mol. The minimum Gasteiger partial charge on any atom is -0.479 e. The van der Waals surface area contributed by atoms with Crippen LogP contribution in [0.25, 0.3) is 0 Å². The van der Waals surface area contributed by atoms with Gasteiger partial charge in [-0.25, -0.2) is 4.79 Å². The minimum absolute atomic E-state index is 0.0868. The lowest BCUT2D eigenvalue weighted by atomic mass is 9.95. The summed E-state index contributed by atoms with van der Waals surface area (Å²) in [7, 11) is 0. The number of hydrogen-bond donors (Lipinski definition) is 1. The minimum atomic E-state index is -1.03. The molecule has 6 heteroatoms. The molecule has 6 nitrogen and oxygen atoms in total. The van der Waals surface area contributed by atoms with Crippen LogP contribution in [0.5, 0.6) is 0 Å². The standard InChI is InChI=1S/C16H19NO5/c18-15(17-6-8-22-14(10-17)16(19)20)9-13-12-4-2-1-3-11(12)5-7-21-13/h1-4,13-14H,5-10H2,(H,19,20)/t13-,14+/m1/s1. The van der Waals surface area contributed by atoms with E-state index < -0.39 is 12.1 Å². The molecule has 0 saturated carbocycles. The third-order valence-corrected chi connectivity index (χ3v) is 4.15. The Morgan fingerprint density at radius 2 is 2.05 bits per heavy atom. The van der Waals surface area contributed by atoms with Crippen molar-refractivity contribution in [3.63, 3.8) is 0 Å². The summed E-state index contributed by atoms with van der Waals surface area (Å²) in [5.74, 6) is -1.12. The number of amides is 1. The number of fused-ring (bicyclic) bond motifs is 1. The van der Waals surface area contributed by atoms with Crippen LogP contribution in [0.4, 0.5) is 0 Å². The van der Waals surface area contributed by atoms with Crippen LogP contribution < -0.4 is 0 Å². The van der Waals surface area contributed by atoms with Crippen LogP contribution in [0.2, 0.25) is 0 Å². The Bertz CT molecular complexity index is 573. The quantitative estimate of drug-likeness (QED) is 0.901. The number of carbonyl (C=O) groups excluding carboxylic acids is 1. The maximum atomic E-state index is 12.4. The number of carbonyl (C=O) groups is 2. The van der Waals surface area contributed by atoms with Crippen molar-refractivity contribution in [3.8, 4) is 0 Å². The molecule has 2 heterocycles. The van der Waals surface area contributed by atoms with Gasteiger partial charge >= 0.3 is 5.97 Å². The highest BCUT2D eigenvalue weighted by Crippen LogP contribution is 2.30. The van der Waals surface area contributed by atoms with E-state index in [0.717, 1.165) is 12.0 Å². The highest BCUT2D eigenvalue weighted by Gasteiger charge is 2.31. The molecule has 1 saturated heterocycles. The molecule has 1 aromatic carbocycles. The maximum Gasteiger partial charge on any atom is 0.334 e. The van der Waals surface area contributed by atoms with E-state index in [0.29, 0.717) is 13.2 Å². The van der Waals surface area contributed by atoms with E-state index in [1.807, 2.05) is 18.2 Å². The van der Waals surface area contributed by atoms with Gasteiger partial charge in [-0.05, 0) is 17.5 Å². The summed E-state index contributed by atoms with van der Waals surface area (Å²) in [6.45, 7) is 1.39. The molecule has 1 aromatic rings. The van der Waals surface area contributed by atoms with E-state index in [2.05, 4.69) is 6.07 Å². The van der Waals surface area contributed by atoms with Gasteiger partial charge in [0.1, 0.15) is 0 Å². The highest BCUT2D eigenvalue weighted by atomic mass is 16.5. The van der Waals surface area contributed by atoms with Gasteiger partial charge < -0.3 is 19.5 Å². The highest BCUT2D eigenvalue weighted by molar-refractivity contribution is 5.79. The van der Waals surface area contributed by atoms with E-state index in [1.54, 1.807) is 4.90 Å². The molecular formula is C16H19NO5. The first-order valence-corrected chi connectivity index (χ1v) is 7.46. The Kier molecular flexibility index (Phi) is 4.40. The zero-order valence-corrected chi connectivity index (χ0v) is 12.2. The Morgan fingerprint density at radius 3 is 2.86 bits per heavy atom. The number of nitrogens with zero attached hydrogens (tertiary/aromatic N) is 1. The van der Waals surface area contributed by atoms with Crippen molar-refractivity contribution >= 4 is 11.9 Å². The predicted octanol–water partition coefficient (Wildman–Crippen LogP) is 1.00. The van der Waals surface area contributed by atoms with Crippen LogP contribution in [0.15, 0.2) is 24.3 Å². The molecule has 22 heavy (non-hydrogen) atoms. The van der Waals surface area contributed by atoms with Crippen molar-refractivity contribution in [1.82, 2.24) is 4.90 Å². The molecule has 0 unspecified atom stereocenters. The number of morpholine rings is 1. The Morgan fingerprint density at radius 1 is 1.23 bits per heavy atom. The molecule has 3 rings (SSSR count). The first kappa shape index (κ1) is 15.0. The molecule has 118 valence electrons. The number of aliphatic carboxylic acids is 1. The number of rotatable bonds is 3. The zero-order chi connectivity index (χ0) is 15.5. The van der Waals surface area contributed by atoms with Gasteiger partial charge in [-0.15, -0.1) is 0 Å². The van der Waals surface area contributed by atoms with E-state index in [9.17, 15) is 9.59 Å². The summed E-state index contributed by atoms with van der Waals surface area (Å²) in [5.41, 5.74) is 2.28. The average Bonchev–Trinajstić information content (AvgIpc) is 2.55. The van der Waals surface area contributed by atoms with Crippen LogP contribution in [0.3, 0.4) is 0 Å². The van der Waals surface area contributed by atoms with Gasteiger partial charge in [-0.3, -0.25) is 4.79 Å². The average molecular weight is 305 g/mol. The molecule has 2 atom stereocenters. The lowest BCUT2D eigenvalue weighted by Crippen LogP contribution is -2.48. The van der Waals surface area contributed by atoms with Gasteiger partial charge in [0.25, 0.3) is 0 Å². The van der Waals surface area contributed by atoms with Crippen molar-refractivity contribution in [3.05, 3.63) is 35.4 Å². The van der Waals surface area contributed by atoms with Gasteiger partial charge in [0.15, 0.2) is 6.10 Å². The van der Waals surface area contributed by atoms with Crippen molar-refractivity contribution in [2.24, 2.45) is 0 Å². The van der Waals surface area contributed by atoms with Crippen LogP contribution in [-0.4, -0.2) is 54.3 Å². The summed E-state index contributed by atoms with van der Waals surface area (Å²) in [6, 6.07) is 7.99. The fourth-order valence-corrected chi connectivity index (χ4v) is 2.96. The second-order valence-electron chi connectivity index (χ2n) is 5.55. The lowest BCUT2D eigenvalue weighted by molar-refractivity contribution is -0.160. The monoisotopic (exact) mass is 305 g/mol. The summed E-state index contributed by atoms with van der Waals surface area (Å²) in [4.78, 5) is 25.0. The fourth-order valence-electron chi connectivity index (χ4n) is 2.96. The van der Waals surface area contributed by atoms with Gasteiger partial charge in [-0.2, -0.15) is 0 Å². The van der Waals surface area contributed by atoms with E-state index in [4.69, 9.17) is 14.6 Å². The second kappa shape index (κ2) is 6.46. The Balaban J connectivity index is 1.66. The first-order chi connectivity index (χ1) is 10.6. The van der Waals surface area contributed by atoms with Crippen molar-refractivity contribution in [1.29, 1.82) is 0 Å². The Labute approximate surface area is 128 Å². The summed E-state index contributed by atoms with van der Waals surface area (Å²) in [6.07, 6.45) is -0.0797. The molecule has 2 aliphatic heterocycles.